The van der Waals surface area contributed by atoms with Crippen molar-refractivity contribution in [2.24, 2.45) is 0 Å². The molecule has 0 aliphatic carbocycles. The molecule has 6 heteroatoms. The highest BCUT2D eigenvalue weighted by molar-refractivity contribution is 7.80. The molecule has 2 atom stereocenters. The minimum absolute atomic E-state index is 0.0515. The molecule has 1 aliphatic rings. The average molecular weight is 246 g/mol. The first-order chi connectivity index (χ1) is 7.54. The zero-order valence-corrected chi connectivity index (χ0v) is 10.5. The Morgan fingerprint density at radius 2 is 2.31 bits per heavy atom. The summed E-state index contributed by atoms with van der Waals surface area (Å²) in [5.74, 6) is 0.0125. The van der Waals surface area contributed by atoms with Gasteiger partial charge in [-0.15, -0.1) is 0 Å². The zero-order chi connectivity index (χ0) is 12.1. The number of hydrogen-bond donors (Lipinski definition) is 2. The topological polar surface area (TPSA) is 58.6 Å². The molecule has 1 rings (SSSR count). The Morgan fingerprint density at radius 1 is 1.62 bits per heavy atom. The van der Waals surface area contributed by atoms with E-state index >= 15 is 0 Å². The van der Waals surface area contributed by atoms with Crippen LogP contribution < -0.4 is 5.32 Å². The minimum atomic E-state index is -0.536. The molecule has 16 heavy (non-hydrogen) atoms. The summed E-state index contributed by atoms with van der Waals surface area (Å²) in [5.41, 5.74) is 0. The van der Waals surface area contributed by atoms with Gasteiger partial charge in [0.1, 0.15) is 6.04 Å². The first-order valence-electron chi connectivity index (χ1n) is 5.33. The number of carbonyl (C=O) groups excluding carboxylic acids is 2. The van der Waals surface area contributed by atoms with Gasteiger partial charge in [0.2, 0.25) is 11.8 Å². The summed E-state index contributed by atoms with van der Waals surface area (Å²) in [5, 5.41) is 2.59. The molecule has 1 heterocycles. The van der Waals surface area contributed by atoms with Crippen LogP contribution in [0.25, 0.3) is 0 Å². The van der Waals surface area contributed by atoms with E-state index in [4.69, 9.17) is 4.74 Å². The number of carbonyl (C=O) groups is 2. The fourth-order valence-electron chi connectivity index (χ4n) is 1.67. The summed E-state index contributed by atoms with van der Waals surface area (Å²) in [6, 6.07) is -0.536. The number of morpholine rings is 1. The van der Waals surface area contributed by atoms with Gasteiger partial charge < -0.3 is 15.0 Å². The lowest BCUT2D eigenvalue weighted by Gasteiger charge is -2.33. The van der Waals surface area contributed by atoms with E-state index in [0.29, 0.717) is 25.4 Å². The number of thiol groups is 1. The van der Waals surface area contributed by atoms with Gasteiger partial charge in [0.05, 0.1) is 12.7 Å². The normalized spacial score (nSPS) is 22.7. The van der Waals surface area contributed by atoms with Crippen LogP contribution in [-0.4, -0.2) is 54.3 Å². The van der Waals surface area contributed by atoms with E-state index in [9.17, 15) is 9.59 Å². The van der Waals surface area contributed by atoms with E-state index < -0.39 is 6.04 Å². The third-order valence-electron chi connectivity index (χ3n) is 2.41. The number of ether oxygens (including phenoxy) is 1. The lowest BCUT2D eigenvalue weighted by Crippen LogP contribution is -2.53. The number of nitrogens with zero attached hydrogens (tertiary/aromatic N) is 1. The summed E-state index contributed by atoms with van der Waals surface area (Å²) in [4.78, 5) is 24.7. The van der Waals surface area contributed by atoms with Gasteiger partial charge in [-0.25, -0.2) is 0 Å². The molecule has 1 saturated heterocycles. The maximum absolute atomic E-state index is 12.0. The van der Waals surface area contributed by atoms with E-state index in [-0.39, 0.29) is 17.9 Å². The SMILES string of the molecule is CC(=O)NC(CS)C(=O)N1CCOC(C)C1. The van der Waals surface area contributed by atoms with Crippen molar-refractivity contribution in [3.05, 3.63) is 0 Å². The molecule has 0 radical (unpaired) electrons. The fraction of sp³-hybridized carbons (Fsp3) is 0.800. The van der Waals surface area contributed by atoms with Gasteiger partial charge in [0.25, 0.3) is 0 Å². The molecule has 1 fully saturated rings. The molecule has 2 unspecified atom stereocenters. The zero-order valence-electron chi connectivity index (χ0n) is 9.60. The number of rotatable bonds is 3. The second kappa shape index (κ2) is 6.10. The van der Waals surface area contributed by atoms with Crippen molar-refractivity contribution < 1.29 is 14.3 Å². The van der Waals surface area contributed by atoms with Crippen LogP contribution in [0, 0.1) is 0 Å². The molecule has 0 aromatic heterocycles. The molecule has 0 bridgehead atoms. The molecule has 0 aromatic rings. The van der Waals surface area contributed by atoms with Crippen LogP contribution in [0.5, 0.6) is 0 Å². The van der Waals surface area contributed by atoms with Gasteiger partial charge in [-0.2, -0.15) is 12.6 Å². The molecule has 0 spiro atoms. The molecule has 0 saturated carbocycles. The van der Waals surface area contributed by atoms with Crippen LogP contribution in [0.4, 0.5) is 0 Å². The summed E-state index contributed by atoms with van der Waals surface area (Å²) < 4.78 is 5.35. The second-order valence-electron chi connectivity index (χ2n) is 3.90. The molecule has 5 nitrogen and oxygen atoms in total. The van der Waals surface area contributed by atoms with Gasteiger partial charge in [-0.1, -0.05) is 0 Å². The number of amides is 2. The van der Waals surface area contributed by atoms with Crippen LogP contribution in [0.1, 0.15) is 13.8 Å². The van der Waals surface area contributed by atoms with Crippen molar-refractivity contribution in [1.29, 1.82) is 0 Å². The Kier molecular flexibility index (Phi) is 5.08. The van der Waals surface area contributed by atoms with E-state index in [2.05, 4.69) is 17.9 Å². The van der Waals surface area contributed by atoms with E-state index in [0.717, 1.165) is 0 Å². The highest BCUT2D eigenvalue weighted by Gasteiger charge is 2.27. The number of hydrogen-bond acceptors (Lipinski definition) is 4. The Balaban J connectivity index is 2.56. The van der Waals surface area contributed by atoms with Crippen molar-refractivity contribution in [2.45, 2.75) is 26.0 Å². The van der Waals surface area contributed by atoms with Crippen molar-refractivity contribution >= 4 is 24.4 Å². The highest BCUT2D eigenvalue weighted by Crippen LogP contribution is 2.07. The molecule has 2 amide bonds. The van der Waals surface area contributed by atoms with Crippen molar-refractivity contribution in [3.63, 3.8) is 0 Å². The van der Waals surface area contributed by atoms with Crippen LogP contribution in [-0.2, 0) is 14.3 Å². The van der Waals surface area contributed by atoms with Crippen LogP contribution >= 0.6 is 12.6 Å². The summed E-state index contributed by atoms with van der Waals surface area (Å²) >= 11 is 4.08. The smallest absolute Gasteiger partial charge is 0.246 e. The van der Waals surface area contributed by atoms with Gasteiger partial charge in [0.15, 0.2) is 0 Å². The Hall–Kier alpha value is -0.750. The Labute approximate surface area is 101 Å². The maximum atomic E-state index is 12.0. The molecule has 0 aromatic carbocycles. The summed E-state index contributed by atoms with van der Waals surface area (Å²) in [7, 11) is 0. The third-order valence-corrected chi connectivity index (χ3v) is 2.78. The molecular formula is C10H18N2O3S. The average Bonchev–Trinajstić information content (AvgIpc) is 2.24. The van der Waals surface area contributed by atoms with Crippen LogP contribution in [0.3, 0.4) is 0 Å². The van der Waals surface area contributed by atoms with Crippen molar-refractivity contribution in [3.8, 4) is 0 Å². The predicted octanol–water partition coefficient (Wildman–Crippen LogP) is -0.332. The molecule has 1 N–H and O–H groups in total. The van der Waals surface area contributed by atoms with E-state index in [1.807, 2.05) is 6.92 Å². The first-order valence-corrected chi connectivity index (χ1v) is 5.96. The minimum Gasteiger partial charge on any atom is -0.375 e. The van der Waals surface area contributed by atoms with Gasteiger partial charge >= 0.3 is 0 Å². The highest BCUT2D eigenvalue weighted by atomic mass is 32.1. The Morgan fingerprint density at radius 3 is 2.81 bits per heavy atom. The largest absolute Gasteiger partial charge is 0.375 e. The summed E-state index contributed by atoms with van der Waals surface area (Å²) in [6.45, 7) is 5.02. The quantitative estimate of drug-likeness (QED) is 0.670. The van der Waals surface area contributed by atoms with Crippen LogP contribution in [0.2, 0.25) is 0 Å². The Bertz CT molecular complexity index is 273. The maximum Gasteiger partial charge on any atom is 0.246 e. The van der Waals surface area contributed by atoms with E-state index in [1.165, 1.54) is 6.92 Å². The first kappa shape index (κ1) is 13.3. The standard InChI is InChI=1S/C10H18N2O3S/c1-7-5-12(3-4-15-7)10(14)9(6-16)11-8(2)13/h7,9,16H,3-6H2,1-2H3,(H,11,13). The van der Waals surface area contributed by atoms with Gasteiger partial charge in [-0.3, -0.25) is 9.59 Å². The molecule has 92 valence electrons. The van der Waals surface area contributed by atoms with Crippen LogP contribution in [0.15, 0.2) is 0 Å². The lowest BCUT2D eigenvalue weighted by atomic mass is 10.2. The molecular weight excluding hydrogens is 228 g/mol. The molecule has 1 aliphatic heterocycles. The summed E-state index contributed by atoms with van der Waals surface area (Å²) in [6.07, 6.45) is 0.0515. The van der Waals surface area contributed by atoms with Crippen molar-refractivity contribution in [1.82, 2.24) is 10.2 Å². The van der Waals surface area contributed by atoms with E-state index in [1.54, 1.807) is 4.90 Å². The van der Waals surface area contributed by atoms with Gasteiger partial charge in [-0.05, 0) is 6.92 Å². The monoisotopic (exact) mass is 246 g/mol. The van der Waals surface area contributed by atoms with Gasteiger partial charge in [0, 0.05) is 25.8 Å². The fourth-order valence-corrected chi connectivity index (χ4v) is 1.92. The second-order valence-corrected chi connectivity index (χ2v) is 4.27. The van der Waals surface area contributed by atoms with Crippen molar-refractivity contribution in [2.75, 3.05) is 25.4 Å². The lowest BCUT2D eigenvalue weighted by molar-refractivity contribution is -0.141. The number of nitrogens with one attached hydrogen (secondary N) is 1. The third kappa shape index (κ3) is 3.68. The predicted molar refractivity (Wildman–Crippen MR) is 63.5 cm³/mol.